The predicted molar refractivity (Wildman–Crippen MR) is 88.5 cm³/mol. The average Bonchev–Trinajstić information content (AvgIpc) is 2.87. The van der Waals surface area contributed by atoms with Crippen LogP contribution < -0.4 is 16.0 Å². The van der Waals surface area contributed by atoms with Crippen molar-refractivity contribution in [3.8, 4) is 0 Å². The molecule has 0 aromatic carbocycles. The number of anilines is 2. The van der Waals surface area contributed by atoms with Gasteiger partial charge in [0.05, 0.1) is 0 Å². The number of hydrogen-bond donors (Lipinski definition) is 2. The van der Waals surface area contributed by atoms with Gasteiger partial charge in [0.2, 0.25) is 0 Å². The molecule has 2 unspecified atom stereocenters. The minimum Gasteiger partial charge on any atom is -0.382 e. The van der Waals surface area contributed by atoms with Crippen LogP contribution in [0.25, 0.3) is 0 Å². The Morgan fingerprint density at radius 1 is 1.48 bits per heavy atom. The number of hydrogen-bond acceptors (Lipinski definition) is 6. The van der Waals surface area contributed by atoms with Crippen LogP contribution in [0.4, 0.5) is 10.9 Å². The largest absolute Gasteiger partial charge is 0.382 e. The van der Waals surface area contributed by atoms with Crippen LogP contribution in [0, 0.1) is 0 Å². The van der Waals surface area contributed by atoms with Crippen molar-refractivity contribution in [2.75, 3.05) is 36.5 Å². The fourth-order valence-electron chi connectivity index (χ4n) is 2.14. The van der Waals surface area contributed by atoms with E-state index < -0.39 is 10.8 Å². The maximum absolute atomic E-state index is 12.2. The Hall–Kier alpha value is -1.15. The zero-order valence-electron chi connectivity index (χ0n) is 12.4. The highest BCUT2D eigenvalue weighted by Crippen LogP contribution is 2.29. The molecule has 1 aliphatic rings. The Morgan fingerprint density at radius 3 is 2.76 bits per heavy atom. The van der Waals surface area contributed by atoms with Crippen molar-refractivity contribution in [2.24, 2.45) is 0 Å². The van der Waals surface area contributed by atoms with Crippen LogP contribution >= 0.6 is 11.3 Å². The number of nitrogens with one attached hydrogen (secondary N) is 1. The lowest BCUT2D eigenvalue weighted by Crippen LogP contribution is -2.32. The normalized spacial score (nSPS) is 18.3. The fourth-order valence-corrected chi connectivity index (χ4v) is 3.41. The lowest BCUT2D eigenvalue weighted by Gasteiger charge is -2.25. The van der Waals surface area contributed by atoms with Crippen LogP contribution in [0.2, 0.25) is 0 Å². The highest BCUT2D eigenvalue weighted by Gasteiger charge is 2.21. The number of nitrogens with zero attached hydrogens (tertiary/aromatic N) is 2. The summed E-state index contributed by atoms with van der Waals surface area (Å²) in [5.74, 6) is 0.0499. The van der Waals surface area contributed by atoms with Gasteiger partial charge in [-0.25, -0.2) is 4.98 Å². The summed E-state index contributed by atoms with van der Waals surface area (Å²) in [6.45, 7) is 4.16. The molecule has 8 heteroatoms. The molecular weight excluding hydrogens is 308 g/mol. The summed E-state index contributed by atoms with van der Waals surface area (Å²) in [4.78, 5) is 19.1. The molecule has 1 aromatic heterocycles. The zero-order valence-corrected chi connectivity index (χ0v) is 14.1. The van der Waals surface area contributed by atoms with Crippen molar-refractivity contribution in [3.63, 3.8) is 0 Å². The maximum Gasteiger partial charge on any atom is 0.265 e. The number of piperidine rings is 1. The van der Waals surface area contributed by atoms with Crippen molar-refractivity contribution >= 4 is 39.0 Å². The third-order valence-electron chi connectivity index (χ3n) is 3.59. The van der Waals surface area contributed by atoms with Crippen LogP contribution in [0.15, 0.2) is 0 Å². The standard InChI is InChI=1S/C13H22N4O2S2/c1-9(21(2)19)8-15-12(18)10-11(14)16-13(20-10)17-6-4-3-5-7-17/h9H,3-8,14H2,1-2H3,(H,15,18). The zero-order chi connectivity index (χ0) is 15.4. The number of aromatic nitrogens is 1. The number of rotatable bonds is 5. The van der Waals surface area contributed by atoms with Crippen molar-refractivity contribution in [1.29, 1.82) is 0 Å². The molecule has 21 heavy (non-hydrogen) atoms. The van der Waals surface area contributed by atoms with Crippen LogP contribution in [0.3, 0.4) is 0 Å². The Morgan fingerprint density at radius 2 is 2.14 bits per heavy atom. The first-order valence-corrected chi connectivity index (χ1v) is 9.54. The van der Waals surface area contributed by atoms with Gasteiger partial charge >= 0.3 is 0 Å². The Labute approximate surface area is 131 Å². The van der Waals surface area contributed by atoms with E-state index in [2.05, 4.69) is 15.2 Å². The first kappa shape index (κ1) is 16.2. The molecule has 0 radical (unpaired) electrons. The highest BCUT2D eigenvalue weighted by molar-refractivity contribution is 7.84. The van der Waals surface area contributed by atoms with E-state index in [0.717, 1.165) is 31.1 Å². The van der Waals surface area contributed by atoms with Gasteiger partial charge in [-0.3, -0.25) is 9.00 Å². The van der Waals surface area contributed by atoms with E-state index in [4.69, 9.17) is 5.73 Å². The Balaban J connectivity index is 2.00. The first-order valence-electron chi connectivity index (χ1n) is 7.10. The highest BCUT2D eigenvalue weighted by atomic mass is 32.2. The van der Waals surface area contributed by atoms with Gasteiger partial charge in [0.25, 0.3) is 5.91 Å². The van der Waals surface area contributed by atoms with Gasteiger partial charge in [-0.05, 0) is 26.2 Å². The van der Waals surface area contributed by atoms with Crippen molar-refractivity contribution in [2.45, 2.75) is 31.4 Å². The lowest BCUT2D eigenvalue weighted by molar-refractivity contribution is 0.0959. The van der Waals surface area contributed by atoms with E-state index in [9.17, 15) is 9.00 Å². The molecule has 2 atom stereocenters. The molecule has 1 aromatic rings. The second kappa shape index (κ2) is 7.22. The molecule has 3 N–H and O–H groups in total. The van der Waals surface area contributed by atoms with Crippen molar-refractivity contribution in [3.05, 3.63) is 4.88 Å². The third-order valence-corrected chi connectivity index (χ3v) is 6.02. The molecule has 1 amide bonds. The molecule has 1 saturated heterocycles. The van der Waals surface area contributed by atoms with E-state index in [1.54, 1.807) is 6.26 Å². The molecule has 1 aliphatic heterocycles. The van der Waals surface area contributed by atoms with Gasteiger partial charge < -0.3 is 16.0 Å². The molecule has 118 valence electrons. The third kappa shape index (κ3) is 4.16. The summed E-state index contributed by atoms with van der Waals surface area (Å²) in [7, 11) is -0.954. The van der Waals surface area contributed by atoms with E-state index in [1.807, 2.05) is 6.92 Å². The Kier molecular flexibility index (Phi) is 5.58. The smallest absolute Gasteiger partial charge is 0.265 e. The molecule has 2 rings (SSSR count). The molecule has 0 aliphatic carbocycles. The lowest BCUT2D eigenvalue weighted by atomic mass is 10.1. The van der Waals surface area contributed by atoms with Gasteiger partial charge in [0, 0.05) is 41.9 Å². The summed E-state index contributed by atoms with van der Waals surface area (Å²) >= 11 is 1.34. The number of carbonyl (C=O) groups is 1. The van der Waals surface area contributed by atoms with Gasteiger partial charge in [-0.1, -0.05) is 11.3 Å². The summed E-state index contributed by atoms with van der Waals surface area (Å²) in [5, 5.41) is 3.52. The molecule has 6 nitrogen and oxygen atoms in total. The second-order valence-electron chi connectivity index (χ2n) is 5.28. The quantitative estimate of drug-likeness (QED) is 0.847. The van der Waals surface area contributed by atoms with Gasteiger partial charge in [-0.15, -0.1) is 0 Å². The molecule has 2 heterocycles. The molecule has 0 bridgehead atoms. The summed E-state index contributed by atoms with van der Waals surface area (Å²) in [5.41, 5.74) is 5.87. The van der Waals surface area contributed by atoms with E-state index in [0.29, 0.717) is 11.4 Å². The van der Waals surface area contributed by atoms with Crippen LogP contribution in [0.5, 0.6) is 0 Å². The molecule has 0 spiro atoms. The van der Waals surface area contributed by atoms with Crippen LogP contribution in [-0.2, 0) is 10.8 Å². The van der Waals surface area contributed by atoms with E-state index in [-0.39, 0.29) is 17.0 Å². The topological polar surface area (TPSA) is 88.3 Å². The first-order chi connectivity index (χ1) is 9.99. The van der Waals surface area contributed by atoms with Crippen molar-refractivity contribution < 1.29 is 9.00 Å². The minimum atomic E-state index is -0.954. The average molecular weight is 330 g/mol. The van der Waals surface area contributed by atoms with Crippen molar-refractivity contribution in [1.82, 2.24) is 10.3 Å². The monoisotopic (exact) mass is 330 g/mol. The molecular formula is C13H22N4O2S2. The Bertz CT molecular complexity index is 526. The number of nitrogen functional groups attached to an aromatic ring is 1. The maximum atomic E-state index is 12.2. The number of nitrogens with two attached hydrogens (primary N) is 1. The summed E-state index contributed by atoms with van der Waals surface area (Å²) in [6, 6.07) is 0. The van der Waals surface area contributed by atoms with Gasteiger partial charge in [0.15, 0.2) is 5.13 Å². The SMILES string of the molecule is CC(CNC(=O)c1sc(N2CCCCC2)nc1N)S(C)=O. The second-order valence-corrected chi connectivity index (χ2v) is 8.06. The van der Waals surface area contributed by atoms with E-state index >= 15 is 0 Å². The van der Waals surface area contributed by atoms with E-state index in [1.165, 1.54) is 17.8 Å². The predicted octanol–water partition coefficient (Wildman–Crippen LogP) is 1.21. The minimum absolute atomic E-state index is 0.0790. The van der Waals surface area contributed by atoms with Crippen LogP contribution in [-0.4, -0.2) is 46.2 Å². The number of carbonyl (C=O) groups excluding carboxylic acids is 1. The molecule has 0 saturated carbocycles. The van der Waals surface area contributed by atoms with Crippen LogP contribution in [0.1, 0.15) is 35.9 Å². The number of thiazole rings is 1. The van der Waals surface area contributed by atoms with Gasteiger partial charge in [0.1, 0.15) is 10.7 Å². The summed E-state index contributed by atoms with van der Waals surface area (Å²) in [6.07, 6.45) is 5.19. The van der Waals surface area contributed by atoms with Gasteiger partial charge in [-0.2, -0.15) is 0 Å². The number of amides is 1. The summed E-state index contributed by atoms with van der Waals surface area (Å²) < 4.78 is 11.3. The fraction of sp³-hybridized carbons (Fsp3) is 0.692. The molecule has 1 fully saturated rings.